The third-order valence-electron chi connectivity index (χ3n) is 2.37. The van der Waals surface area contributed by atoms with E-state index in [1.807, 2.05) is 12.1 Å². The number of aromatic hydroxyl groups is 1. The van der Waals surface area contributed by atoms with Crippen molar-refractivity contribution in [1.82, 2.24) is 0 Å². The summed E-state index contributed by atoms with van der Waals surface area (Å²) < 4.78 is 2.10. The van der Waals surface area contributed by atoms with Gasteiger partial charge in [-0.2, -0.15) is 0 Å². The monoisotopic (exact) mass is 511 g/mol. The van der Waals surface area contributed by atoms with Gasteiger partial charge in [-0.05, 0) is 52.3 Å². The molecule has 0 fully saturated rings. The number of hydrogen-bond acceptors (Lipinski definition) is 2. The van der Waals surface area contributed by atoms with Crippen LogP contribution in [0.4, 0.5) is 5.69 Å². The fourth-order valence-electron chi connectivity index (χ4n) is 1.47. The average Bonchev–Trinajstić information content (AvgIpc) is 2.36. The quantitative estimate of drug-likeness (QED) is 0.558. The third kappa shape index (κ3) is 4.38. The van der Waals surface area contributed by atoms with E-state index in [4.69, 9.17) is 0 Å². The number of amides is 1. The number of anilines is 1. The molecule has 0 aliphatic rings. The number of hydrogen-bond donors (Lipinski definition) is 2. The fourth-order valence-corrected chi connectivity index (χ4v) is 2.96. The Morgan fingerprint density at radius 3 is 2.20 bits per heavy atom. The van der Waals surface area contributed by atoms with Crippen LogP contribution in [-0.2, 0) is 19.5 Å². The van der Waals surface area contributed by atoms with Gasteiger partial charge >= 0.3 is 0 Å². The van der Waals surface area contributed by atoms with Gasteiger partial charge in [-0.3, -0.25) is 4.79 Å². The van der Waals surface area contributed by atoms with Gasteiger partial charge < -0.3 is 10.4 Å². The van der Waals surface area contributed by atoms with Crippen LogP contribution in [0.1, 0.15) is 10.4 Å². The first kappa shape index (κ1) is 17.8. The summed E-state index contributed by atoms with van der Waals surface area (Å²) in [6, 6.07) is 10.4. The van der Waals surface area contributed by atoms with Crippen LogP contribution in [0.5, 0.6) is 5.75 Å². The maximum Gasteiger partial charge on any atom is 0.259 e. The average molecular weight is 515 g/mol. The van der Waals surface area contributed by atoms with Crippen molar-refractivity contribution in [3.8, 4) is 5.75 Å². The summed E-state index contributed by atoms with van der Waals surface area (Å²) in [7, 11) is 0. The molecule has 3 nitrogen and oxygen atoms in total. The second-order valence-corrected chi connectivity index (χ2v) is 6.43. The fraction of sp³-hybridized carbons (Fsp3) is 0. The zero-order valence-corrected chi connectivity index (χ0v) is 17.9. The van der Waals surface area contributed by atoms with Crippen molar-refractivity contribution in [1.29, 1.82) is 0 Å². The van der Waals surface area contributed by atoms with Gasteiger partial charge in [0.05, 0.1) is 10.0 Å². The van der Waals surface area contributed by atoms with E-state index in [1.165, 1.54) is 0 Å². The van der Waals surface area contributed by atoms with Crippen molar-refractivity contribution in [3.63, 3.8) is 0 Å². The Labute approximate surface area is 154 Å². The Balaban J connectivity index is 0.00000200. The molecule has 20 heavy (non-hydrogen) atoms. The summed E-state index contributed by atoms with van der Waals surface area (Å²) >= 11 is 9.80. The summed E-state index contributed by atoms with van der Waals surface area (Å²) in [5, 5.41) is 12.6. The van der Waals surface area contributed by atoms with Gasteiger partial charge in [0.25, 0.3) is 5.91 Å². The first-order chi connectivity index (χ1) is 8.97. The maximum atomic E-state index is 12.1. The summed E-state index contributed by atoms with van der Waals surface area (Å²) in [5.41, 5.74) is 0.855. The van der Waals surface area contributed by atoms with Gasteiger partial charge in [-0.25, -0.2) is 0 Å². The molecule has 0 aromatic heterocycles. The Kier molecular flexibility index (Phi) is 6.85. The molecule has 0 heterocycles. The zero-order chi connectivity index (χ0) is 14.0. The van der Waals surface area contributed by atoms with Crippen molar-refractivity contribution in [2.24, 2.45) is 0 Å². The maximum absolute atomic E-state index is 12.1. The van der Waals surface area contributed by atoms with Crippen LogP contribution in [0, 0.1) is 0 Å². The van der Waals surface area contributed by atoms with Gasteiger partial charge in [-0.15, -0.1) is 0 Å². The van der Waals surface area contributed by atoms with Crippen molar-refractivity contribution < 1.29 is 29.4 Å². The summed E-state index contributed by atoms with van der Waals surface area (Å²) in [4.78, 5) is 12.1. The smallest absolute Gasteiger partial charge is 0.259 e. The van der Waals surface area contributed by atoms with Crippen molar-refractivity contribution in [3.05, 3.63) is 55.4 Å². The van der Waals surface area contributed by atoms with Crippen LogP contribution in [0.25, 0.3) is 0 Å². The number of halogens is 3. The number of carbonyl (C=O) groups excluding carboxylic acids is 1. The molecule has 100 valence electrons. The van der Waals surface area contributed by atoms with Crippen molar-refractivity contribution >= 4 is 59.4 Å². The molecule has 2 rings (SSSR count). The summed E-state index contributed by atoms with van der Waals surface area (Å²) in [6.45, 7) is 0. The molecule has 0 atom stereocenters. The van der Waals surface area contributed by atoms with E-state index < -0.39 is 0 Å². The molecular formula is C13H8Br3NO2Zn. The van der Waals surface area contributed by atoms with Gasteiger partial charge in [0.2, 0.25) is 0 Å². The number of benzene rings is 2. The van der Waals surface area contributed by atoms with E-state index in [1.54, 1.807) is 24.3 Å². The van der Waals surface area contributed by atoms with Crippen LogP contribution < -0.4 is 5.32 Å². The van der Waals surface area contributed by atoms with E-state index in [2.05, 4.69) is 53.1 Å². The molecule has 0 aliphatic carbocycles. The zero-order valence-electron chi connectivity index (χ0n) is 10.2. The molecule has 0 spiro atoms. The molecule has 0 saturated carbocycles. The van der Waals surface area contributed by atoms with E-state index in [0.29, 0.717) is 14.6 Å². The largest absolute Gasteiger partial charge is 0.506 e. The van der Waals surface area contributed by atoms with Crippen LogP contribution in [0.3, 0.4) is 0 Å². The van der Waals surface area contributed by atoms with E-state index in [9.17, 15) is 9.90 Å². The molecule has 0 unspecified atom stereocenters. The molecule has 0 aliphatic heterocycles. The number of phenolic OH excluding ortho intramolecular Hbond substituents is 1. The second-order valence-electron chi connectivity index (χ2n) is 3.74. The Morgan fingerprint density at radius 2 is 1.60 bits per heavy atom. The van der Waals surface area contributed by atoms with E-state index in [0.717, 1.165) is 4.47 Å². The van der Waals surface area contributed by atoms with Crippen molar-refractivity contribution in [2.45, 2.75) is 0 Å². The molecule has 0 saturated heterocycles. The van der Waals surface area contributed by atoms with Gasteiger partial charge in [0.1, 0.15) is 5.75 Å². The molecule has 7 heteroatoms. The number of nitrogens with one attached hydrogen (secondary N) is 1. The minimum absolute atomic E-state index is 0. The molecule has 0 radical (unpaired) electrons. The molecular weight excluding hydrogens is 507 g/mol. The third-order valence-corrected chi connectivity index (χ3v) is 3.97. The minimum atomic E-state index is -0.373. The summed E-state index contributed by atoms with van der Waals surface area (Å²) in [5.74, 6) is -0.459. The predicted molar refractivity (Wildman–Crippen MR) is 85.6 cm³/mol. The Bertz CT molecular complexity index is 632. The molecule has 2 N–H and O–H groups in total. The molecule has 0 bridgehead atoms. The number of phenols is 1. The predicted octanol–water partition coefficient (Wildman–Crippen LogP) is 4.93. The molecule has 1 amide bonds. The number of carbonyl (C=O) groups is 1. The molecule has 2 aromatic carbocycles. The molecule has 2 aromatic rings. The standard InChI is InChI=1S/C13H8Br3NO2.Zn/c14-7-1-3-9(4-2-7)17-13(19)10-5-8(15)6-11(16)12(10)18;/h1-6,18H,(H,17,19);. The van der Waals surface area contributed by atoms with E-state index in [-0.39, 0.29) is 36.7 Å². The first-order valence-electron chi connectivity index (χ1n) is 5.22. The van der Waals surface area contributed by atoms with Gasteiger partial charge in [0.15, 0.2) is 0 Å². The first-order valence-corrected chi connectivity index (χ1v) is 7.60. The Morgan fingerprint density at radius 1 is 1.00 bits per heavy atom. The topological polar surface area (TPSA) is 49.3 Å². The van der Waals surface area contributed by atoms with Crippen LogP contribution in [-0.4, -0.2) is 11.0 Å². The van der Waals surface area contributed by atoms with Crippen LogP contribution in [0.15, 0.2) is 49.8 Å². The minimum Gasteiger partial charge on any atom is -0.506 e. The van der Waals surface area contributed by atoms with Gasteiger partial charge in [0, 0.05) is 34.1 Å². The van der Waals surface area contributed by atoms with Crippen LogP contribution >= 0.6 is 47.8 Å². The van der Waals surface area contributed by atoms with E-state index >= 15 is 0 Å². The number of rotatable bonds is 2. The van der Waals surface area contributed by atoms with Crippen LogP contribution in [0.2, 0.25) is 0 Å². The SMILES string of the molecule is O=C(Nc1ccc(Br)cc1)c1cc(Br)cc(Br)c1O.[Zn]. The Hall–Kier alpha value is -0.227. The van der Waals surface area contributed by atoms with Gasteiger partial charge in [-0.1, -0.05) is 31.9 Å². The van der Waals surface area contributed by atoms with Crippen molar-refractivity contribution in [2.75, 3.05) is 5.32 Å². The summed E-state index contributed by atoms with van der Waals surface area (Å²) in [6.07, 6.45) is 0. The second kappa shape index (κ2) is 7.69. The normalized spacial score (nSPS) is 9.75.